The van der Waals surface area contributed by atoms with E-state index in [0.717, 1.165) is 36.9 Å². The van der Waals surface area contributed by atoms with E-state index in [1.54, 1.807) is 6.20 Å². The van der Waals surface area contributed by atoms with Crippen LogP contribution in [0.4, 0.5) is 0 Å². The fourth-order valence-electron chi connectivity index (χ4n) is 2.68. The summed E-state index contributed by atoms with van der Waals surface area (Å²) in [4.78, 5) is 16.6. The minimum atomic E-state index is -0.825. The van der Waals surface area contributed by atoms with Gasteiger partial charge in [0.15, 0.2) is 0 Å². The summed E-state index contributed by atoms with van der Waals surface area (Å²) in [5.41, 5.74) is 1.09. The maximum atomic E-state index is 12.4. The molecule has 0 spiro atoms. The van der Waals surface area contributed by atoms with Crippen molar-refractivity contribution in [2.45, 2.75) is 52.0 Å². The van der Waals surface area contributed by atoms with Crippen LogP contribution in [0.25, 0.3) is 0 Å². The molecule has 1 amide bonds. The van der Waals surface area contributed by atoms with Crippen molar-refractivity contribution in [3.05, 3.63) is 29.6 Å². The van der Waals surface area contributed by atoms with Crippen LogP contribution in [0.2, 0.25) is 0 Å². The summed E-state index contributed by atoms with van der Waals surface area (Å²) in [6.45, 7) is 2.37. The van der Waals surface area contributed by atoms with Crippen molar-refractivity contribution in [1.82, 2.24) is 10.3 Å². The van der Waals surface area contributed by atoms with Gasteiger partial charge < -0.3 is 5.32 Å². The number of hydrogen-bond donors (Lipinski definition) is 1. The molecule has 0 aromatic carbocycles. The molecule has 4 nitrogen and oxygen atoms in total. The van der Waals surface area contributed by atoms with Gasteiger partial charge in [0, 0.05) is 18.4 Å². The number of pyridine rings is 1. The molecule has 20 heavy (non-hydrogen) atoms. The van der Waals surface area contributed by atoms with E-state index in [1.165, 1.54) is 0 Å². The predicted molar refractivity (Wildman–Crippen MR) is 76.6 cm³/mol. The van der Waals surface area contributed by atoms with Crippen molar-refractivity contribution < 1.29 is 4.79 Å². The Balaban J connectivity index is 1.99. The largest absolute Gasteiger partial charge is 0.351 e. The predicted octanol–water partition coefficient (Wildman–Crippen LogP) is 2.87. The van der Waals surface area contributed by atoms with Crippen LogP contribution >= 0.6 is 0 Å². The molecule has 0 unspecified atom stereocenters. The first-order chi connectivity index (χ1) is 9.66. The zero-order chi connectivity index (χ0) is 14.4. The number of rotatable bonds is 3. The summed E-state index contributed by atoms with van der Waals surface area (Å²) in [6, 6.07) is 6.15. The van der Waals surface area contributed by atoms with Gasteiger partial charge in [0.1, 0.15) is 5.41 Å². The molecular formula is C16H21N3O. The van der Waals surface area contributed by atoms with Gasteiger partial charge in [-0.25, -0.2) is 0 Å². The molecule has 1 aliphatic rings. The zero-order valence-corrected chi connectivity index (χ0v) is 12.0. The number of nitriles is 1. The third-order valence-corrected chi connectivity index (χ3v) is 4.03. The van der Waals surface area contributed by atoms with Crippen LogP contribution in [0.15, 0.2) is 18.3 Å². The van der Waals surface area contributed by atoms with Crippen molar-refractivity contribution in [2.75, 3.05) is 0 Å². The smallest absolute Gasteiger partial charge is 0.240 e. The molecule has 106 valence electrons. The van der Waals surface area contributed by atoms with E-state index in [-0.39, 0.29) is 5.91 Å². The van der Waals surface area contributed by atoms with E-state index < -0.39 is 5.41 Å². The number of nitrogens with zero attached hydrogens (tertiary/aromatic N) is 2. The van der Waals surface area contributed by atoms with Crippen LogP contribution in [0.3, 0.4) is 0 Å². The maximum absolute atomic E-state index is 12.4. The van der Waals surface area contributed by atoms with Gasteiger partial charge >= 0.3 is 0 Å². The zero-order valence-electron chi connectivity index (χ0n) is 12.0. The van der Waals surface area contributed by atoms with E-state index in [1.807, 2.05) is 19.1 Å². The van der Waals surface area contributed by atoms with E-state index in [9.17, 15) is 10.1 Å². The lowest BCUT2D eigenvalue weighted by Gasteiger charge is -2.23. The summed E-state index contributed by atoms with van der Waals surface area (Å²) < 4.78 is 0. The summed E-state index contributed by atoms with van der Waals surface area (Å²) in [6.07, 6.45) is 7.31. The molecule has 1 aliphatic carbocycles. The lowest BCUT2D eigenvalue weighted by atomic mass is 9.81. The van der Waals surface area contributed by atoms with E-state index in [4.69, 9.17) is 0 Å². The summed E-state index contributed by atoms with van der Waals surface area (Å²) >= 11 is 0. The third kappa shape index (κ3) is 3.36. The molecule has 1 fully saturated rings. The van der Waals surface area contributed by atoms with Gasteiger partial charge in [-0.05, 0) is 31.4 Å². The molecular weight excluding hydrogens is 250 g/mol. The second-order valence-electron chi connectivity index (χ2n) is 5.60. The number of nitrogens with one attached hydrogen (secondary N) is 1. The SMILES string of the molecule is Cc1ccc(CNC(=O)C2(C#N)CCCCCC2)cn1. The topological polar surface area (TPSA) is 65.8 Å². The highest BCUT2D eigenvalue weighted by Gasteiger charge is 2.38. The van der Waals surface area contributed by atoms with Crippen molar-refractivity contribution in [2.24, 2.45) is 5.41 Å². The minimum absolute atomic E-state index is 0.123. The normalized spacial score (nSPS) is 17.8. The fourth-order valence-corrected chi connectivity index (χ4v) is 2.68. The van der Waals surface area contributed by atoms with Gasteiger partial charge in [0.05, 0.1) is 6.07 Å². The van der Waals surface area contributed by atoms with Gasteiger partial charge in [-0.1, -0.05) is 31.7 Å². The average molecular weight is 271 g/mol. The molecule has 1 saturated carbocycles. The Labute approximate surface area is 120 Å². The standard InChI is InChI=1S/C16H21N3O/c1-13-6-7-14(10-18-13)11-19-15(20)16(12-17)8-4-2-3-5-9-16/h6-7,10H,2-5,8-9,11H2,1H3,(H,19,20). The quantitative estimate of drug-likeness (QED) is 0.860. The second-order valence-corrected chi connectivity index (χ2v) is 5.60. The lowest BCUT2D eigenvalue weighted by Crippen LogP contribution is -2.39. The van der Waals surface area contributed by atoms with Crippen LogP contribution < -0.4 is 5.32 Å². The Morgan fingerprint density at radius 3 is 2.60 bits per heavy atom. The van der Waals surface area contributed by atoms with Crippen LogP contribution in [0.1, 0.15) is 49.8 Å². The lowest BCUT2D eigenvalue weighted by molar-refractivity contribution is -0.129. The van der Waals surface area contributed by atoms with Crippen LogP contribution in [-0.4, -0.2) is 10.9 Å². The number of carbonyl (C=O) groups is 1. The molecule has 1 heterocycles. The highest BCUT2D eigenvalue weighted by atomic mass is 16.2. The summed E-state index contributed by atoms with van der Waals surface area (Å²) in [5, 5.41) is 12.4. The van der Waals surface area contributed by atoms with Gasteiger partial charge in [-0.2, -0.15) is 5.26 Å². The first-order valence-corrected chi connectivity index (χ1v) is 7.27. The van der Waals surface area contributed by atoms with Gasteiger partial charge in [0.25, 0.3) is 0 Å². The van der Waals surface area contributed by atoms with Gasteiger partial charge in [-0.3, -0.25) is 9.78 Å². The molecule has 1 N–H and O–H groups in total. The molecule has 0 bridgehead atoms. The third-order valence-electron chi connectivity index (χ3n) is 4.03. The number of aromatic nitrogens is 1. The monoisotopic (exact) mass is 271 g/mol. The van der Waals surface area contributed by atoms with Crippen LogP contribution in [0, 0.1) is 23.7 Å². The number of hydrogen-bond acceptors (Lipinski definition) is 3. The van der Waals surface area contributed by atoms with E-state index >= 15 is 0 Å². The molecule has 2 rings (SSSR count). The van der Waals surface area contributed by atoms with Crippen LogP contribution in [-0.2, 0) is 11.3 Å². The summed E-state index contributed by atoms with van der Waals surface area (Å²) in [5.74, 6) is -0.123. The molecule has 0 radical (unpaired) electrons. The van der Waals surface area contributed by atoms with Gasteiger partial charge in [-0.15, -0.1) is 0 Å². The van der Waals surface area contributed by atoms with Crippen molar-refractivity contribution in [3.8, 4) is 6.07 Å². The Kier molecular flexibility index (Phi) is 4.73. The minimum Gasteiger partial charge on any atom is -0.351 e. The van der Waals surface area contributed by atoms with Gasteiger partial charge in [0.2, 0.25) is 5.91 Å². The molecule has 0 saturated heterocycles. The van der Waals surface area contributed by atoms with Crippen LogP contribution in [0.5, 0.6) is 0 Å². The van der Waals surface area contributed by atoms with E-state index in [2.05, 4.69) is 16.4 Å². The highest BCUT2D eigenvalue weighted by molar-refractivity contribution is 5.85. The Hall–Kier alpha value is -1.89. The first-order valence-electron chi connectivity index (χ1n) is 7.27. The average Bonchev–Trinajstić information content (AvgIpc) is 2.73. The molecule has 0 aliphatic heterocycles. The number of aryl methyl sites for hydroxylation is 1. The highest BCUT2D eigenvalue weighted by Crippen LogP contribution is 2.34. The maximum Gasteiger partial charge on any atom is 0.240 e. The van der Waals surface area contributed by atoms with E-state index in [0.29, 0.717) is 19.4 Å². The molecule has 4 heteroatoms. The Morgan fingerprint density at radius 1 is 1.35 bits per heavy atom. The second kappa shape index (κ2) is 6.51. The Morgan fingerprint density at radius 2 is 2.05 bits per heavy atom. The number of amides is 1. The van der Waals surface area contributed by atoms with Crippen molar-refractivity contribution in [3.63, 3.8) is 0 Å². The number of carbonyl (C=O) groups excluding carboxylic acids is 1. The van der Waals surface area contributed by atoms with Crippen molar-refractivity contribution in [1.29, 1.82) is 5.26 Å². The Bertz CT molecular complexity index is 493. The molecule has 1 aromatic heterocycles. The fraction of sp³-hybridized carbons (Fsp3) is 0.562. The summed E-state index contributed by atoms with van der Waals surface area (Å²) in [7, 11) is 0. The molecule has 0 atom stereocenters. The van der Waals surface area contributed by atoms with Crippen molar-refractivity contribution >= 4 is 5.91 Å². The first kappa shape index (κ1) is 14.5. The molecule has 1 aromatic rings.